The van der Waals surface area contributed by atoms with Gasteiger partial charge < -0.3 is 15.0 Å². The number of carbonyl (C=O) groups excluding carboxylic acids is 1. The molecule has 1 aromatic heterocycles. The van der Waals surface area contributed by atoms with Crippen LogP contribution in [0.25, 0.3) is 17.1 Å². The number of amides is 2. The van der Waals surface area contributed by atoms with Crippen LogP contribution in [0.3, 0.4) is 0 Å². The second-order valence-corrected chi connectivity index (χ2v) is 12.2. The largest absolute Gasteiger partial charge is 0.573 e. The van der Waals surface area contributed by atoms with Crippen LogP contribution in [0.4, 0.5) is 23.7 Å². The maximum Gasteiger partial charge on any atom is 0.573 e. The van der Waals surface area contributed by atoms with Crippen LogP contribution in [0, 0.1) is 6.92 Å². The molecular weight excluding hydrogens is 589 g/mol. The number of urea groups is 1. The summed E-state index contributed by atoms with van der Waals surface area (Å²) in [5, 5.41) is 8.26. The molecule has 0 radical (unpaired) electrons. The van der Waals surface area contributed by atoms with E-state index in [0.29, 0.717) is 17.4 Å². The summed E-state index contributed by atoms with van der Waals surface area (Å²) in [6.07, 6.45) is -2.41. The molecule has 1 aliphatic heterocycles. The van der Waals surface area contributed by atoms with Crippen molar-refractivity contribution in [3.05, 3.63) is 89.7 Å². The predicted octanol–water partition coefficient (Wildman–Crippen LogP) is 7.44. The number of aromatic nitrogens is 3. The number of alkyl halides is 3. The summed E-state index contributed by atoms with van der Waals surface area (Å²) in [5.41, 5.74) is 5.99. The molecule has 1 saturated heterocycles. The molecule has 228 valence electrons. The van der Waals surface area contributed by atoms with Crippen molar-refractivity contribution in [1.82, 2.24) is 20.1 Å². The van der Waals surface area contributed by atoms with E-state index in [1.165, 1.54) is 46.4 Å². The lowest BCUT2D eigenvalue weighted by Crippen LogP contribution is -2.29. The first kappa shape index (κ1) is 29.7. The zero-order chi connectivity index (χ0) is 31.0. The van der Waals surface area contributed by atoms with Crippen molar-refractivity contribution in [3.63, 3.8) is 0 Å². The van der Waals surface area contributed by atoms with Gasteiger partial charge in [0.05, 0.1) is 5.69 Å². The molecular formula is C32H31F3N6O2S. The maximum absolute atomic E-state index is 12.9. The van der Waals surface area contributed by atoms with Crippen molar-refractivity contribution >= 4 is 28.6 Å². The summed E-state index contributed by atoms with van der Waals surface area (Å²) >= 11 is 1.60. The Morgan fingerprint density at radius 3 is 2.55 bits per heavy atom. The molecule has 3 aromatic carbocycles. The van der Waals surface area contributed by atoms with E-state index in [1.54, 1.807) is 11.8 Å². The molecule has 1 aliphatic carbocycles. The average molecular weight is 621 g/mol. The molecule has 2 unspecified atom stereocenters. The van der Waals surface area contributed by atoms with Crippen molar-refractivity contribution in [2.45, 2.75) is 51.4 Å². The van der Waals surface area contributed by atoms with Gasteiger partial charge >= 0.3 is 12.4 Å². The van der Waals surface area contributed by atoms with E-state index in [9.17, 15) is 18.0 Å². The molecule has 2 atom stereocenters. The topological polar surface area (TPSA) is 84.6 Å². The third-order valence-electron chi connectivity index (χ3n) is 7.60. The van der Waals surface area contributed by atoms with Crippen LogP contribution in [-0.2, 0) is 0 Å². The Hall–Kier alpha value is -4.32. The number of nitrogens with zero attached hydrogens (tertiary/aromatic N) is 5. The Bertz CT molecular complexity index is 1690. The van der Waals surface area contributed by atoms with E-state index >= 15 is 0 Å². The molecule has 12 heteroatoms. The van der Waals surface area contributed by atoms with E-state index < -0.39 is 6.36 Å². The van der Waals surface area contributed by atoms with Crippen LogP contribution in [0.1, 0.15) is 48.8 Å². The van der Waals surface area contributed by atoms with Crippen molar-refractivity contribution in [1.29, 1.82) is 0 Å². The third kappa shape index (κ3) is 6.75. The van der Waals surface area contributed by atoms with Crippen LogP contribution in [0.2, 0.25) is 0 Å². The quantitative estimate of drug-likeness (QED) is 0.231. The second kappa shape index (κ2) is 12.0. The minimum Gasteiger partial charge on any atom is -0.406 e. The fourth-order valence-corrected chi connectivity index (χ4v) is 6.24. The summed E-state index contributed by atoms with van der Waals surface area (Å²) in [6, 6.07) is 19.4. The molecule has 2 amide bonds. The Balaban J connectivity index is 1.07. The Morgan fingerprint density at radius 1 is 1.09 bits per heavy atom. The van der Waals surface area contributed by atoms with Crippen LogP contribution in [0.5, 0.6) is 5.75 Å². The van der Waals surface area contributed by atoms with Gasteiger partial charge in [-0.15, -0.1) is 18.3 Å². The van der Waals surface area contributed by atoms with Gasteiger partial charge in [0, 0.05) is 35.5 Å². The number of nitrogens with one attached hydrogen (secondary N) is 1. The zero-order valence-corrected chi connectivity index (χ0v) is 25.2. The van der Waals surface area contributed by atoms with Crippen LogP contribution < -0.4 is 15.0 Å². The van der Waals surface area contributed by atoms with E-state index in [2.05, 4.69) is 69.0 Å². The molecule has 0 bridgehead atoms. The lowest BCUT2D eigenvalue weighted by atomic mass is 9.99. The summed E-state index contributed by atoms with van der Waals surface area (Å²) in [5.74, 6) is 1.62. The summed E-state index contributed by atoms with van der Waals surface area (Å²) < 4.78 is 42.7. The summed E-state index contributed by atoms with van der Waals surface area (Å²) in [6.45, 7) is 7.24. The van der Waals surface area contributed by atoms with Gasteiger partial charge in [-0.3, -0.25) is 0 Å². The van der Waals surface area contributed by atoms with E-state index in [4.69, 9.17) is 0 Å². The van der Waals surface area contributed by atoms with Gasteiger partial charge in [0.2, 0.25) is 0 Å². The molecule has 6 rings (SSSR count). The van der Waals surface area contributed by atoms with Gasteiger partial charge in [0.1, 0.15) is 12.1 Å². The highest BCUT2D eigenvalue weighted by Crippen LogP contribution is 2.41. The molecule has 2 heterocycles. The zero-order valence-electron chi connectivity index (χ0n) is 24.4. The fraction of sp³-hybridized carbons (Fsp3) is 0.312. The molecule has 0 spiro atoms. The van der Waals surface area contributed by atoms with Gasteiger partial charge in [0.15, 0.2) is 11.0 Å². The molecule has 44 heavy (non-hydrogen) atoms. The molecule has 1 saturated carbocycles. The van der Waals surface area contributed by atoms with Crippen LogP contribution in [0.15, 0.2) is 78.0 Å². The lowest BCUT2D eigenvalue weighted by Gasteiger charge is -2.23. The summed E-state index contributed by atoms with van der Waals surface area (Å²) in [7, 11) is 0. The fourth-order valence-electron chi connectivity index (χ4n) is 5.29. The standard InChI is InChI=1S/C32H31F3N6O2S/c1-19(2)25-13-4-20(3)16-28(25)40-14-15-44-31(40)38-30(42)37-27-17-26(27)21-5-7-22(8-6-21)29-36-18-41(39-29)23-9-11-24(12-10-23)43-32(33,34)35/h4-13,16,18-19,26-27H,14-15,17H2,1-3H3,(H,37,42)/b38-31-. The first-order chi connectivity index (χ1) is 21.0. The molecule has 1 N–H and O–H groups in total. The Labute approximate surface area is 257 Å². The number of carbonyl (C=O) groups is 1. The van der Waals surface area contributed by atoms with Crippen LogP contribution in [-0.4, -0.2) is 50.7 Å². The van der Waals surface area contributed by atoms with Crippen molar-refractivity contribution in [2.24, 2.45) is 4.99 Å². The van der Waals surface area contributed by atoms with E-state index in [0.717, 1.165) is 40.7 Å². The maximum atomic E-state index is 12.9. The number of thioether (sulfide) groups is 1. The number of rotatable bonds is 7. The second-order valence-electron chi connectivity index (χ2n) is 11.2. The smallest absolute Gasteiger partial charge is 0.406 e. The molecule has 2 aliphatic rings. The monoisotopic (exact) mass is 620 g/mol. The number of halogens is 3. The molecule has 4 aromatic rings. The summed E-state index contributed by atoms with van der Waals surface area (Å²) in [4.78, 5) is 23.9. The number of ether oxygens (including phenoxy) is 1. The minimum atomic E-state index is -4.75. The highest BCUT2D eigenvalue weighted by atomic mass is 32.2. The van der Waals surface area contributed by atoms with Gasteiger partial charge in [-0.1, -0.05) is 62.0 Å². The highest BCUT2D eigenvalue weighted by molar-refractivity contribution is 8.14. The Kier molecular flexibility index (Phi) is 8.10. The molecule has 8 nitrogen and oxygen atoms in total. The number of aryl methyl sites for hydroxylation is 1. The van der Waals surface area contributed by atoms with Crippen LogP contribution >= 0.6 is 11.8 Å². The van der Waals surface area contributed by atoms with Gasteiger partial charge in [-0.05, 0) is 66.3 Å². The van der Waals surface area contributed by atoms with Crippen molar-refractivity contribution in [3.8, 4) is 22.8 Å². The number of hydrogen-bond donors (Lipinski definition) is 1. The van der Waals surface area contributed by atoms with Gasteiger partial charge in [-0.25, -0.2) is 14.5 Å². The van der Waals surface area contributed by atoms with Gasteiger partial charge in [0.25, 0.3) is 0 Å². The Morgan fingerprint density at radius 2 is 1.84 bits per heavy atom. The molecule has 2 fully saturated rings. The third-order valence-corrected chi connectivity index (χ3v) is 8.55. The predicted molar refractivity (Wildman–Crippen MR) is 166 cm³/mol. The normalized spacial score (nSPS) is 19.1. The van der Waals surface area contributed by atoms with E-state index in [-0.39, 0.29) is 23.7 Å². The number of aliphatic imine (C=N–C) groups is 1. The average Bonchev–Trinajstić information content (AvgIpc) is 3.33. The van der Waals surface area contributed by atoms with Crippen molar-refractivity contribution in [2.75, 3.05) is 17.2 Å². The number of anilines is 1. The SMILES string of the molecule is Cc1ccc(C(C)C)c(N2CCS/C2=N\C(=O)NC2CC2c2ccc(-c3ncn(-c4ccc(OC(F)(F)F)cc4)n3)cc2)c1. The number of benzene rings is 3. The van der Waals surface area contributed by atoms with E-state index in [1.807, 2.05) is 24.3 Å². The number of hydrogen-bond acceptors (Lipinski definition) is 5. The van der Waals surface area contributed by atoms with Gasteiger partial charge in [-0.2, -0.15) is 4.99 Å². The number of amidine groups is 1. The lowest BCUT2D eigenvalue weighted by molar-refractivity contribution is -0.274. The first-order valence-corrected chi connectivity index (χ1v) is 15.3. The first-order valence-electron chi connectivity index (χ1n) is 14.3. The highest BCUT2D eigenvalue weighted by Gasteiger charge is 2.40. The minimum absolute atomic E-state index is 0.0179. The van der Waals surface area contributed by atoms with Crippen molar-refractivity contribution < 1.29 is 22.7 Å².